The fraction of sp³-hybridized carbons (Fsp3) is 0.917. The van der Waals surface area contributed by atoms with Gasteiger partial charge in [0, 0.05) is 19.1 Å². The lowest BCUT2D eigenvalue weighted by Crippen LogP contribution is -2.32. The van der Waals surface area contributed by atoms with Crippen molar-refractivity contribution in [2.24, 2.45) is 5.92 Å². The third kappa shape index (κ3) is 2.83. The van der Waals surface area contributed by atoms with E-state index in [4.69, 9.17) is 24.1 Å². The molecule has 2 rings (SSSR count). The van der Waals surface area contributed by atoms with Crippen molar-refractivity contribution in [2.75, 3.05) is 13.2 Å². The molecule has 0 aromatic rings. The number of hydrogen-bond donors (Lipinski definition) is 1. The minimum absolute atomic E-state index is 0.0236. The zero-order chi connectivity index (χ0) is 13.1. The minimum atomic E-state index is -0.598. The Bertz CT molecular complexity index is 292. The van der Waals surface area contributed by atoms with Crippen molar-refractivity contribution in [3.05, 3.63) is 0 Å². The van der Waals surface area contributed by atoms with Crippen LogP contribution in [0.2, 0.25) is 0 Å². The smallest absolute Gasteiger partial charge is 0.306 e. The van der Waals surface area contributed by atoms with Crippen LogP contribution in [-0.4, -0.2) is 49.1 Å². The Morgan fingerprint density at radius 2 is 2.33 bits per heavy atom. The van der Waals surface area contributed by atoms with Gasteiger partial charge in [-0.25, -0.2) is 0 Å². The normalized spacial score (nSPS) is 36.5. The molecular weight excluding hydrogens is 240 g/mol. The fourth-order valence-corrected chi connectivity index (χ4v) is 2.53. The van der Waals surface area contributed by atoms with Gasteiger partial charge in [-0.3, -0.25) is 4.79 Å². The number of hydrogen-bond acceptors (Lipinski definition) is 6. The molecule has 6 nitrogen and oxygen atoms in total. The van der Waals surface area contributed by atoms with Gasteiger partial charge in [0.05, 0.1) is 12.5 Å². The van der Waals surface area contributed by atoms with Crippen molar-refractivity contribution >= 4 is 5.97 Å². The molecule has 0 aromatic heterocycles. The van der Waals surface area contributed by atoms with Crippen LogP contribution in [-0.2, 0) is 23.7 Å². The number of aliphatic hydroxyl groups is 1. The molecule has 0 aromatic carbocycles. The average molecular weight is 260 g/mol. The van der Waals surface area contributed by atoms with Gasteiger partial charge in [0.2, 0.25) is 0 Å². The Morgan fingerprint density at radius 3 is 3.00 bits per heavy atom. The van der Waals surface area contributed by atoms with E-state index in [1.807, 2.05) is 6.92 Å². The molecule has 5 atom stereocenters. The van der Waals surface area contributed by atoms with Crippen LogP contribution in [0.25, 0.3) is 0 Å². The quantitative estimate of drug-likeness (QED) is 0.551. The maximum absolute atomic E-state index is 11.3. The molecule has 0 bridgehead atoms. The first-order valence-electron chi connectivity index (χ1n) is 6.38. The number of esters is 1. The molecule has 0 radical (unpaired) electrons. The van der Waals surface area contributed by atoms with Crippen molar-refractivity contribution in [3.8, 4) is 0 Å². The second kappa shape index (κ2) is 5.97. The summed E-state index contributed by atoms with van der Waals surface area (Å²) < 4.78 is 21.8. The Hall–Kier alpha value is -0.690. The van der Waals surface area contributed by atoms with Gasteiger partial charge in [0.1, 0.15) is 0 Å². The van der Waals surface area contributed by atoms with Gasteiger partial charge in [0.25, 0.3) is 0 Å². The number of ether oxygens (including phenoxy) is 4. The topological polar surface area (TPSA) is 74.2 Å². The summed E-state index contributed by atoms with van der Waals surface area (Å²) >= 11 is 0. The summed E-state index contributed by atoms with van der Waals surface area (Å²) in [7, 11) is 0. The lowest BCUT2D eigenvalue weighted by Gasteiger charge is -2.21. The van der Waals surface area contributed by atoms with Crippen molar-refractivity contribution < 1.29 is 28.8 Å². The second-order valence-electron chi connectivity index (χ2n) is 4.54. The molecule has 0 spiro atoms. The second-order valence-corrected chi connectivity index (χ2v) is 4.54. The molecule has 1 N–H and O–H groups in total. The van der Waals surface area contributed by atoms with Crippen LogP contribution in [0.4, 0.5) is 0 Å². The molecule has 104 valence electrons. The van der Waals surface area contributed by atoms with E-state index in [2.05, 4.69) is 0 Å². The van der Waals surface area contributed by atoms with E-state index in [1.54, 1.807) is 6.92 Å². The summed E-state index contributed by atoms with van der Waals surface area (Å²) in [6.45, 7) is 4.22. The summed E-state index contributed by atoms with van der Waals surface area (Å²) in [6.07, 6.45) is -0.756. The fourth-order valence-electron chi connectivity index (χ4n) is 2.53. The van der Waals surface area contributed by atoms with Crippen LogP contribution >= 0.6 is 0 Å². The summed E-state index contributed by atoms with van der Waals surface area (Å²) in [5.74, 6) is -0.252. The van der Waals surface area contributed by atoms with Crippen molar-refractivity contribution in [2.45, 2.75) is 51.5 Å². The Kier molecular flexibility index (Phi) is 4.55. The number of aliphatic hydroxyl groups excluding tert-OH is 1. The highest BCUT2D eigenvalue weighted by atomic mass is 16.8. The van der Waals surface area contributed by atoms with E-state index in [0.717, 1.165) is 0 Å². The van der Waals surface area contributed by atoms with E-state index in [9.17, 15) is 4.79 Å². The van der Waals surface area contributed by atoms with Gasteiger partial charge in [-0.1, -0.05) is 0 Å². The van der Waals surface area contributed by atoms with Crippen LogP contribution in [0.1, 0.15) is 26.7 Å². The maximum atomic E-state index is 11.3. The minimum Gasteiger partial charge on any atom is -0.457 e. The predicted octanol–water partition coefficient (Wildman–Crippen LogP) is 0.424. The van der Waals surface area contributed by atoms with E-state index in [1.165, 1.54) is 0 Å². The molecule has 6 heteroatoms. The van der Waals surface area contributed by atoms with E-state index in [0.29, 0.717) is 19.4 Å². The van der Waals surface area contributed by atoms with Gasteiger partial charge < -0.3 is 24.1 Å². The molecular formula is C12H20O6. The number of fused-ring (bicyclic) bond motifs is 1. The van der Waals surface area contributed by atoms with Crippen molar-refractivity contribution in [1.82, 2.24) is 0 Å². The van der Waals surface area contributed by atoms with Crippen LogP contribution in [0, 0.1) is 5.92 Å². The summed E-state index contributed by atoms with van der Waals surface area (Å²) in [5.41, 5.74) is 0. The first kappa shape index (κ1) is 13.7. The molecule has 1 unspecified atom stereocenters. The van der Waals surface area contributed by atoms with E-state index in [-0.39, 0.29) is 30.7 Å². The van der Waals surface area contributed by atoms with E-state index < -0.39 is 12.6 Å². The molecule has 2 aliphatic rings. The summed E-state index contributed by atoms with van der Waals surface area (Å²) in [4.78, 5) is 11.3. The van der Waals surface area contributed by atoms with Gasteiger partial charge in [0.15, 0.2) is 18.7 Å². The van der Waals surface area contributed by atoms with Gasteiger partial charge >= 0.3 is 5.97 Å². The highest BCUT2D eigenvalue weighted by Gasteiger charge is 2.52. The predicted molar refractivity (Wildman–Crippen MR) is 60.5 cm³/mol. The highest BCUT2D eigenvalue weighted by Crippen LogP contribution is 2.39. The van der Waals surface area contributed by atoms with Crippen LogP contribution in [0.3, 0.4) is 0 Å². The zero-order valence-electron chi connectivity index (χ0n) is 10.7. The Labute approximate surface area is 106 Å². The summed E-state index contributed by atoms with van der Waals surface area (Å²) in [6, 6.07) is 0. The summed E-state index contributed by atoms with van der Waals surface area (Å²) in [5, 5.41) is 8.99. The number of rotatable bonds is 6. The maximum Gasteiger partial charge on any atom is 0.306 e. The van der Waals surface area contributed by atoms with Gasteiger partial charge in [-0.05, 0) is 20.3 Å². The van der Waals surface area contributed by atoms with Gasteiger partial charge in [-0.15, -0.1) is 0 Å². The van der Waals surface area contributed by atoms with Crippen LogP contribution in [0.15, 0.2) is 0 Å². The third-order valence-electron chi connectivity index (χ3n) is 3.29. The Balaban J connectivity index is 1.96. The molecule has 2 saturated heterocycles. The molecule has 2 aliphatic heterocycles. The molecule has 2 fully saturated rings. The molecule has 0 saturated carbocycles. The number of carbonyl (C=O) groups excluding carboxylic acids is 1. The average Bonchev–Trinajstić information content (AvgIpc) is 2.81. The van der Waals surface area contributed by atoms with Crippen molar-refractivity contribution in [3.63, 3.8) is 0 Å². The van der Waals surface area contributed by atoms with E-state index >= 15 is 0 Å². The highest BCUT2D eigenvalue weighted by molar-refractivity contribution is 5.72. The lowest BCUT2D eigenvalue weighted by atomic mass is 9.95. The first-order valence-corrected chi connectivity index (χ1v) is 6.38. The standard InChI is InChI=1S/C12H20O6/c1-3-15-7(2)16-12-11-8(6-10(14)18-11)9(17-12)4-5-13/h7-9,11-13H,3-6H2,1-2H3/t7?,8-,9+,11-,12-/m1/s1. The first-order chi connectivity index (χ1) is 8.65. The van der Waals surface area contributed by atoms with Crippen LogP contribution < -0.4 is 0 Å². The number of carbonyl (C=O) groups is 1. The molecule has 18 heavy (non-hydrogen) atoms. The van der Waals surface area contributed by atoms with Crippen LogP contribution in [0.5, 0.6) is 0 Å². The molecule has 0 amide bonds. The largest absolute Gasteiger partial charge is 0.457 e. The SMILES string of the molecule is CCOC(C)O[C@@H]1O[C@@H](CCO)[C@H]2CC(=O)O[C@@H]12. The van der Waals surface area contributed by atoms with Gasteiger partial charge in [-0.2, -0.15) is 0 Å². The lowest BCUT2D eigenvalue weighted by molar-refractivity contribution is -0.252. The zero-order valence-corrected chi connectivity index (χ0v) is 10.7. The molecule has 0 aliphatic carbocycles. The third-order valence-corrected chi connectivity index (χ3v) is 3.29. The molecule has 2 heterocycles. The Morgan fingerprint density at radius 1 is 1.56 bits per heavy atom. The monoisotopic (exact) mass is 260 g/mol. The van der Waals surface area contributed by atoms with Crippen molar-refractivity contribution in [1.29, 1.82) is 0 Å².